The quantitative estimate of drug-likeness (QED) is 0.438. The van der Waals surface area contributed by atoms with Gasteiger partial charge in [0.1, 0.15) is 6.61 Å². The minimum absolute atomic E-state index is 0.110. The molecule has 1 rings (SSSR count). The second kappa shape index (κ2) is 7.45. The largest absolute Gasteiger partial charge is 0.460 e. The van der Waals surface area contributed by atoms with Crippen molar-refractivity contribution in [3.63, 3.8) is 0 Å². The van der Waals surface area contributed by atoms with Crippen LogP contribution >= 0.6 is 0 Å². The molecular weight excluding hydrogens is 236 g/mol. The summed E-state index contributed by atoms with van der Waals surface area (Å²) in [4.78, 5) is 22.1. The Morgan fingerprint density at radius 3 is 2.44 bits per heavy atom. The highest BCUT2D eigenvalue weighted by atomic mass is 16.7. The van der Waals surface area contributed by atoms with Gasteiger partial charge < -0.3 is 14.2 Å². The summed E-state index contributed by atoms with van der Waals surface area (Å²) in [7, 11) is 0. The Hall–Kier alpha value is -1.88. The van der Waals surface area contributed by atoms with E-state index in [1.54, 1.807) is 31.2 Å². The lowest BCUT2D eigenvalue weighted by molar-refractivity contribution is -0.173. The summed E-state index contributed by atoms with van der Waals surface area (Å²) in [6, 6.07) is 8.68. The van der Waals surface area contributed by atoms with Crippen molar-refractivity contribution in [2.24, 2.45) is 0 Å². The van der Waals surface area contributed by atoms with Crippen molar-refractivity contribution in [2.45, 2.75) is 20.1 Å². The molecule has 0 bridgehead atoms. The van der Waals surface area contributed by atoms with Crippen molar-refractivity contribution in [1.82, 2.24) is 0 Å². The number of benzene rings is 1. The Morgan fingerprint density at radius 2 is 1.83 bits per heavy atom. The highest BCUT2D eigenvalue weighted by Crippen LogP contribution is 2.01. The molecule has 0 radical (unpaired) electrons. The molecule has 1 aromatic carbocycles. The molecule has 1 atom stereocenters. The van der Waals surface area contributed by atoms with Gasteiger partial charge in [-0.1, -0.05) is 18.2 Å². The summed E-state index contributed by atoms with van der Waals surface area (Å²) in [6.45, 7) is 3.18. The topological polar surface area (TPSA) is 61.8 Å². The van der Waals surface area contributed by atoms with Gasteiger partial charge in [0.15, 0.2) is 6.29 Å². The van der Waals surface area contributed by atoms with Crippen molar-refractivity contribution in [3.05, 3.63) is 35.9 Å². The van der Waals surface area contributed by atoms with Gasteiger partial charge in [-0.05, 0) is 19.1 Å². The Morgan fingerprint density at radius 1 is 1.17 bits per heavy atom. The van der Waals surface area contributed by atoms with Gasteiger partial charge in [0, 0.05) is 6.92 Å². The molecule has 0 aliphatic carbocycles. The fourth-order valence-corrected chi connectivity index (χ4v) is 1.27. The van der Waals surface area contributed by atoms with Crippen molar-refractivity contribution < 1.29 is 23.8 Å². The Kier molecular flexibility index (Phi) is 5.87. The monoisotopic (exact) mass is 252 g/mol. The Labute approximate surface area is 106 Å². The van der Waals surface area contributed by atoms with Crippen molar-refractivity contribution in [3.8, 4) is 0 Å². The minimum atomic E-state index is -0.641. The minimum Gasteiger partial charge on any atom is -0.460 e. The van der Waals surface area contributed by atoms with Gasteiger partial charge in [0.05, 0.1) is 12.2 Å². The van der Waals surface area contributed by atoms with Gasteiger partial charge in [-0.25, -0.2) is 4.79 Å². The second-order valence-corrected chi connectivity index (χ2v) is 3.55. The first-order chi connectivity index (χ1) is 8.59. The molecule has 0 saturated carbocycles. The third-order valence-electron chi connectivity index (χ3n) is 2.01. The molecule has 0 aromatic heterocycles. The van der Waals surface area contributed by atoms with Crippen molar-refractivity contribution in [2.75, 3.05) is 13.2 Å². The Balaban J connectivity index is 2.19. The number of ether oxygens (including phenoxy) is 3. The first-order valence-corrected chi connectivity index (χ1v) is 5.60. The molecule has 0 saturated heterocycles. The molecule has 1 unspecified atom stereocenters. The maximum Gasteiger partial charge on any atom is 0.338 e. The molecule has 98 valence electrons. The van der Waals surface area contributed by atoms with E-state index in [1.165, 1.54) is 6.92 Å². The Bertz CT molecular complexity index is 388. The van der Waals surface area contributed by atoms with E-state index in [0.717, 1.165) is 0 Å². The zero-order valence-electron chi connectivity index (χ0n) is 10.4. The average Bonchev–Trinajstić information content (AvgIpc) is 2.34. The number of rotatable bonds is 6. The van der Waals surface area contributed by atoms with Crippen molar-refractivity contribution >= 4 is 11.9 Å². The summed E-state index contributed by atoms with van der Waals surface area (Å²) >= 11 is 0. The summed E-state index contributed by atoms with van der Waals surface area (Å²) in [5.41, 5.74) is 0.491. The number of hydrogen-bond donors (Lipinski definition) is 0. The van der Waals surface area contributed by atoms with E-state index in [2.05, 4.69) is 0 Å². The van der Waals surface area contributed by atoms with Gasteiger partial charge >= 0.3 is 11.9 Å². The van der Waals surface area contributed by atoms with Gasteiger partial charge in [-0.3, -0.25) is 4.79 Å². The predicted octanol–water partition coefficient (Wildman–Crippen LogP) is 1.77. The zero-order chi connectivity index (χ0) is 13.4. The van der Waals surface area contributed by atoms with Crippen LogP contribution in [0.15, 0.2) is 30.3 Å². The summed E-state index contributed by atoms with van der Waals surface area (Å²) in [5, 5.41) is 0. The van der Waals surface area contributed by atoms with Crippen LogP contribution in [-0.2, 0) is 19.0 Å². The average molecular weight is 252 g/mol. The van der Waals surface area contributed by atoms with Crippen LogP contribution in [0.25, 0.3) is 0 Å². The highest BCUT2D eigenvalue weighted by Gasteiger charge is 2.07. The van der Waals surface area contributed by atoms with Gasteiger partial charge in [-0.2, -0.15) is 0 Å². The third kappa shape index (κ3) is 5.45. The van der Waals surface area contributed by atoms with Crippen LogP contribution < -0.4 is 0 Å². The van der Waals surface area contributed by atoms with E-state index in [0.29, 0.717) is 5.56 Å². The van der Waals surface area contributed by atoms with Crippen LogP contribution in [-0.4, -0.2) is 31.4 Å². The van der Waals surface area contributed by atoms with Crippen LogP contribution in [0.5, 0.6) is 0 Å². The predicted molar refractivity (Wildman–Crippen MR) is 63.9 cm³/mol. The van der Waals surface area contributed by atoms with E-state index >= 15 is 0 Å². The molecule has 0 aliphatic rings. The van der Waals surface area contributed by atoms with Crippen LogP contribution in [0.4, 0.5) is 0 Å². The molecule has 0 heterocycles. The molecule has 0 spiro atoms. The lowest BCUT2D eigenvalue weighted by Crippen LogP contribution is -2.19. The van der Waals surface area contributed by atoms with Crippen LogP contribution in [0.1, 0.15) is 24.2 Å². The maximum absolute atomic E-state index is 11.5. The fraction of sp³-hybridized carbons (Fsp3) is 0.385. The first-order valence-electron chi connectivity index (χ1n) is 5.60. The smallest absolute Gasteiger partial charge is 0.338 e. The van der Waals surface area contributed by atoms with E-state index < -0.39 is 18.2 Å². The lowest BCUT2D eigenvalue weighted by Gasteiger charge is -2.12. The van der Waals surface area contributed by atoms with Gasteiger partial charge in [0.25, 0.3) is 0 Å². The summed E-state index contributed by atoms with van der Waals surface area (Å²) < 4.78 is 14.8. The SMILES string of the molecule is CC(=O)OC(C)OCCOC(=O)c1ccccc1. The summed E-state index contributed by atoms with van der Waals surface area (Å²) in [5.74, 6) is -0.817. The number of hydrogen-bond acceptors (Lipinski definition) is 5. The van der Waals surface area contributed by atoms with Crippen LogP contribution in [0, 0.1) is 0 Å². The normalized spacial score (nSPS) is 11.7. The van der Waals surface area contributed by atoms with E-state index in [-0.39, 0.29) is 13.2 Å². The fourth-order valence-electron chi connectivity index (χ4n) is 1.27. The number of esters is 2. The second-order valence-electron chi connectivity index (χ2n) is 3.55. The first kappa shape index (κ1) is 14.2. The van der Waals surface area contributed by atoms with Gasteiger partial charge in [-0.15, -0.1) is 0 Å². The zero-order valence-corrected chi connectivity index (χ0v) is 10.4. The molecule has 0 fully saturated rings. The molecule has 18 heavy (non-hydrogen) atoms. The van der Waals surface area contributed by atoms with E-state index in [9.17, 15) is 9.59 Å². The number of carbonyl (C=O) groups is 2. The standard InChI is InChI=1S/C13H16O5/c1-10(14)18-11(2)16-8-9-17-13(15)12-6-4-3-5-7-12/h3-7,11H,8-9H2,1-2H3. The molecule has 5 heteroatoms. The molecule has 1 aromatic rings. The van der Waals surface area contributed by atoms with E-state index in [4.69, 9.17) is 14.2 Å². The molecule has 0 aliphatic heterocycles. The van der Waals surface area contributed by atoms with Crippen LogP contribution in [0.2, 0.25) is 0 Å². The van der Waals surface area contributed by atoms with Gasteiger partial charge in [0.2, 0.25) is 0 Å². The highest BCUT2D eigenvalue weighted by molar-refractivity contribution is 5.89. The summed E-state index contributed by atoms with van der Waals surface area (Å²) in [6.07, 6.45) is -0.641. The van der Waals surface area contributed by atoms with Crippen molar-refractivity contribution in [1.29, 1.82) is 0 Å². The molecule has 0 N–H and O–H groups in total. The number of carbonyl (C=O) groups excluding carboxylic acids is 2. The third-order valence-corrected chi connectivity index (χ3v) is 2.01. The molecule has 0 amide bonds. The molecule has 5 nitrogen and oxygen atoms in total. The molecular formula is C13H16O5. The lowest BCUT2D eigenvalue weighted by atomic mass is 10.2. The maximum atomic E-state index is 11.5. The van der Waals surface area contributed by atoms with E-state index in [1.807, 2.05) is 6.07 Å². The van der Waals surface area contributed by atoms with Crippen LogP contribution in [0.3, 0.4) is 0 Å².